The average molecular weight is 1530 g/mol. The molecule has 572 valence electrons. The van der Waals surface area contributed by atoms with Crippen LogP contribution in [0.15, 0.2) is 127 Å². The van der Waals surface area contributed by atoms with Gasteiger partial charge in [0.2, 0.25) is 0 Å². The summed E-state index contributed by atoms with van der Waals surface area (Å²) < 4.78 is 231. The van der Waals surface area contributed by atoms with Crippen LogP contribution in [0.3, 0.4) is 0 Å². The van der Waals surface area contributed by atoms with Crippen molar-refractivity contribution in [3.05, 3.63) is 161 Å². The fraction of sp³-hybridized carbons (Fsp3) is 0.458. The number of carbonyl (C=O) groups excluding carboxylic acids is 3. The molecule has 20 nitrogen and oxygen atoms in total. The number of amides is 1. The summed E-state index contributed by atoms with van der Waals surface area (Å²) in [5, 5.41) is 11.7. The highest BCUT2D eigenvalue weighted by Crippen LogP contribution is 2.41. The SMILES string of the molecule is CC.CC(C)(C)OC(=O)NCC(=O)OC[C@H]1Cc2cccc(Oc3cccc(OS(=O)(=O)CCCC(F)(F)F)c3)c2C1.CCC(=O)OC[C@H]1Cc2cccc(Oc3cccc(OS(=O)(=O)CCCC(F)(F)F)c3)c2C1.O=S(=O)(CCCC(F)(F)F)Oc1cccc(Oc2cccc3c2C[C@@H](CO)C3)c1. The molecular formula is C72H84F9NO19S3. The number of esters is 2. The van der Waals surface area contributed by atoms with Gasteiger partial charge < -0.3 is 51.4 Å². The number of halogens is 9. The molecular weight excluding hydrogens is 1450 g/mol. The molecule has 0 spiro atoms. The van der Waals surface area contributed by atoms with Crippen LogP contribution in [0.4, 0.5) is 44.3 Å². The van der Waals surface area contributed by atoms with Crippen LogP contribution in [0.1, 0.15) is 120 Å². The van der Waals surface area contributed by atoms with Crippen LogP contribution in [-0.4, -0.2) is 116 Å². The predicted octanol–water partition coefficient (Wildman–Crippen LogP) is 15.8. The normalized spacial score (nSPS) is 15.5. The zero-order valence-corrected chi connectivity index (χ0v) is 60.4. The lowest BCUT2D eigenvalue weighted by molar-refractivity contribution is -0.145. The summed E-state index contributed by atoms with van der Waals surface area (Å²) in [6.45, 7) is 11.1. The average Bonchev–Trinajstić information content (AvgIpc) is 1.65. The summed E-state index contributed by atoms with van der Waals surface area (Å²) in [5.74, 6) is -0.267. The molecule has 6 aromatic rings. The van der Waals surface area contributed by atoms with Gasteiger partial charge in [-0.1, -0.05) is 75.4 Å². The van der Waals surface area contributed by atoms with Crippen molar-refractivity contribution in [3.8, 4) is 51.7 Å². The van der Waals surface area contributed by atoms with Crippen LogP contribution in [0, 0.1) is 17.8 Å². The van der Waals surface area contributed by atoms with Gasteiger partial charge in [0, 0.05) is 62.3 Å². The molecule has 0 bridgehead atoms. The van der Waals surface area contributed by atoms with Gasteiger partial charge in [-0.2, -0.15) is 64.8 Å². The van der Waals surface area contributed by atoms with E-state index in [0.29, 0.717) is 67.5 Å². The van der Waals surface area contributed by atoms with Gasteiger partial charge >= 0.3 is 66.9 Å². The van der Waals surface area contributed by atoms with E-state index in [1.54, 1.807) is 70.2 Å². The van der Waals surface area contributed by atoms with E-state index in [-0.39, 0.29) is 66.5 Å². The molecule has 3 atom stereocenters. The Labute approximate surface area is 599 Å². The standard InChI is InChI=1S/C27H32F3NO8S.C23H25F3O6S.C20H21F3O5S.C2H6/c1-26(2,3)38-25(33)31-16-24(32)36-17-18-13-19-7-4-10-23(22(19)14-18)37-20-8-5-9-21(15-20)39-40(34,35)12-6-11-27(28,29)30;1-2-22(27)30-15-16-12-17-6-3-9-21(20(17)13-16)31-18-7-4-8-19(14-18)32-33(28,29)11-5-10-23(24,25)26;21-20(22,23)8-3-9-29(25,26)28-17-6-2-5-16(12-17)27-19-7-1-4-15-10-14(13-24)11-18(15)19;1-2/h4-5,7-10,15,18H,6,11-14,16-17H2,1-3H3,(H,31,33);3-4,6-9,14,16H,2,5,10-13,15H2,1H3;1-2,4-7,12,14,24H,3,8-11,13H2;1-2H3/t18-;16-;14-;/m000./s1. The van der Waals surface area contributed by atoms with Crippen LogP contribution in [0.5, 0.6) is 51.7 Å². The predicted molar refractivity (Wildman–Crippen MR) is 366 cm³/mol. The van der Waals surface area contributed by atoms with E-state index >= 15 is 0 Å². The lowest BCUT2D eigenvalue weighted by atomic mass is 10.1. The van der Waals surface area contributed by atoms with Gasteiger partial charge in [-0.25, -0.2) is 4.79 Å². The number of ether oxygens (including phenoxy) is 6. The van der Waals surface area contributed by atoms with Crippen molar-refractivity contribution in [2.75, 3.05) is 43.6 Å². The quantitative estimate of drug-likeness (QED) is 0.0191. The molecule has 0 radical (unpaired) electrons. The van der Waals surface area contributed by atoms with Gasteiger partial charge in [0.1, 0.15) is 63.9 Å². The molecule has 3 aliphatic rings. The number of carbonyl (C=O) groups is 3. The van der Waals surface area contributed by atoms with Crippen molar-refractivity contribution in [2.45, 2.75) is 149 Å². The van der Waals surface area contributed by atoms with Crippen molar-refractivity contribution >= 4 is 48.4 Å². The summed E-state index contributed by atoms with van der Waals surface area (Å²) >= 11 is 0. The largest absolute Gasteiger partial charge is 0.465 e. The van der Waals surface area contributed by atoms with E-state index in [4.69, 9.17) is 41.0 Å². The number of aliphatic hydroxyl groups excluding tert-OH is 1. The number of nitrogens with one attached hydrogen (secondary N) is 1. The molecule has 3 aliphatic carbocycles. The maximum Gasteiger partial charge on any atom is 0.408 e. The third-order valence-corrected chi connectivity index (χ3v) is 19.0. The first-order valence-corrected chi connectivity index (χ1v) is 38.0. The number of aliphatic hydroxyl groups is 1. The lowest BCUT2D eigenvalue weighted by Crippen LogP contribution is -2.36. The second kappa shape index (κ2) is 38.0. The smallest absolute Gasteiger partial charge is 0.408 e. The molecule has 1 amide bonds. The summed E-state index contributed by atoms with van der Waals surface area (Å²) in [6, 6.07) is 34.4. The minimum Gasteiger partial charge on any atom is -0.465 e. The van der Waals surface area contributed by atoms with Crippen molar-refractivity contribution in [3.63, 3.8) is 0 Å². The molecule has 0 saturated heterocycles. The van der Waals surface area contributed by atoms with Gasteiger partial charge in [-0.15, -0.1) is 0 Å². The third kappa shape index (κ3) is 30.3. The Kier molecular flexibility index (Phi) is 30.8. The first-order valence-electron chi connectivity index (χ1n) is 33.3. The van der Waals surface area contributed by atoms with E-state index in [9.17, 15) is 84.3 Å². The van der Waals surface area contributed by atoms with Crippen LogP contribution in [0.2, 0.25) is 0 Å². The van der Waals surface area contributed by atoms with Crippen LogP contribution in [0.25, 0.3) is 0 Å². The molecule has 0 fully saturated rings. The molecule has 0 unspecified atom stereocenters. The number of hydrogen-bond acceptors (Lipinski definition) is 19. The summed E-state index contributed by atoms with van der Waals surface area (Å²) in [5.41, 5.74) is 5.39. The van der Waals surface area contributed by atoms with Crippen molar-refractivity contribution in [1.29, 1.82) is 0 Å². The molecule has 2 N–H and O–H groups in total. The number of benzene rings is 6. The minimum atomic E-state index is -4.45. The number of hydrogen-bond donors (Lipinski definition) is 2. The van der Waals surface area contributed by atoms with Gasteiger partial charge in [-0.3, -0.25) is 9.59 Å². The van der Waals surface area contributed by atoms with E-state index < -0.39 is 122 Å². The van der Waals surface area contributed by atoms with Gasteiger partial charge in [-0.05, 0) is 172 Å². The number of alkyl halides is 9. The Bertz CT molecular complexity index is 4180. The van der Waals surface area contributed by atoms with E-state index in [1.807, 2.05) is 44.2 Å². The third-order valence-electron chi connectivity index (χ3n) is 15.3. The Balaban J connectivity index is 0.000000245. The molecule has 104 heavy (non-hydrogen) atoms. The number of fused-ring (bicyclic) bond motifs is 3. The number of rotatable bonds is 29. The van der Waals surface area contributed by atoms with E-state index in [0.717, 1.165) is 46.2 Å². The van der Waals surface area contributed by atoms with Crippen molar-refractivity contribution in [1.82, 2.24) is 5.32 Å². The Morgan fingerprint density at radius 3 is 1.08 bits per heavy atom. The Morgan fingerprint density at radius 1 is 0.452 bits per heavy atom. The fourth-order valence-corrected chi connectivity index (χ4v) is 13.8. The molecule has 0 heterocycles. The number of alkyl carbamates (subject to hydrolysis) is 1. The zero-order chi connectivity index (χ0) is 76.7. The molecule has 0 saturated carbocycles. The highest BCUT2D eigenvalue weighted by atomic mass is 32.2. The first-order chi connectivity index (χ1) is 48.8. The van der Waals surface area contributed by atoms with Gasteiger partial charge in [0.05, 0.1) is 30.5 Å². The summed E-state index contributed by atoms with van der Waals surface area (Å²) in [4.78, 5) is 35.2. The highest BCUT2D eigenvalue weighted by Gasteiger charge is 2.33. The van der Waals surface area contributed by atoms with Crippen LogP contribution < -0.4 is 32.1 Å². The summed E-state index contributed by atoms with van der Waals surface area (Å²) in [7, 11) is -12.5. The van der Waals surface area contributed by atoms with Gasteiger partial charge in [0.25, 0.3) is 0 Å². The van der Waals surface area contributed by atoms with Crippen molar-refractivity contribution in [2.24, 2.45) is 17.8 Å². The van der Waals surface area contributed by atoms with E-state index in [2.05, 4.69) is 5.32 Å². The van der Waals surface area contributed by atoms with Gasteiger partial charge in [0.15, 0.2) is 0 Å². The minimum absolute atomic E-state index is 0.0123. The monoisotopic (exact) mass is 1530 g/mol. The Morgan fingerprint density at radius 2 is 0.760 bits per heavy atom. The van der Waals surface area contributed by atoms with Crippen LogP contribution >= 0.6 is 0 Å². The first kappa shape index (κ1) is 84.4. The fourth-order valence-electron chi connectivity index (χ4n) is 10.9. The summed E-state index contributed by atoms with van der Waals surface area (Å²) in [6.07, 6.45) is -14.9. The lowest BCUT2D eigenvalue weighted by Gasteiger charge is -2.19. The van der Waals surface area contributed by atoms with E-state index in [1.165, 1.54) is 54.6 Å². The highest BCUT2D eigenvalue weighted by molar-refractivity contribution is 7.87. The maximum atomic E-state index is 12.3. The zero-order valence-electron chi connectivity index (χ0n) is 57.9. The molecule has 6 aromatic carbocycles. The molecule has 0 aliphatic heterocycles. The van der Waals surface area contributed by atoms with Crippen molar-refractivity contribution < 1.29 is 125 Å². The maximum absolute atomic E-state index is 12.3. The molecule has 9 rings (SSSR count). The van der Waals surface area contributed by atoms with Crippen LogP contribution in [-0.2, 0) is 92.7 Å². The molecule has 32 heteroatoms. The Hall–Kier alpha value is -8.49. The second-order valence-electron chi connectivity index (χ2n) is 25.2. The molecule has 0 aromatic heterocycles. The second-order valence-corrected chi connectivity index (χ2v) is 30.3. The topological polar surface area (TPSA) is 269 Å².